The first-order chi connectivity index (χ1) is 7.26. The Morgan fingerprint density at radius 1 is 1.60 bits per heavy atom. The molecular formula is C11H22N2O2. The molecule has 1 amide bonds. The summed E-state index contributed by atoms with van der Waals surface area (Å²) in [7, 11) is 1.64. The van der Waals surface area contributed by atoms with E-state index in [0.29, 0.717) is 26.2 Å². The van der Waals surface area contributed by atoms with Crippen LogP contribution in [-0.2, 0) is 9.53 Å². The van der Waals surface area contributed by atoms with E-state index in [2.05, 4.69) is 18.8 Å². The van der Waals surface area contributed by atoms with Crippen LogP contribution in [-0.4, -0.2) is 50.7 Å². The Hall–Kier alpha value is -0.870. The number of carbonyl (C=O) groups excluding carboxylic acids is 1. The molecule has 0 fully saturated rings. The van der Waals surface area contributed by atoms with E-state index in [4.69, 9.17) is 4.74 Å². The summed E-state index contributed by atoms with van der Waals surface area (Å²) in [5.74, 6) is 0.118. The molecule has 0 bridgehead atoms. The van der Waals surface area contributed by atoms with Crippen molar-refractivity contribution in [2.24, 2.45) is 0 Å². The smallest absolute Gasteiger partial charge is 0.236 e. The van der Waals surface area contributed by atoms with Crippen molar-refractivity contribution < 1.29 is 9.53 Å². The lowest BCUT2D eigenvalue weighted by molar-refractivity contribution is -0.129. The van der Waals surface area contributed by atoms with Crippen molar-refractivity contribution in [3.05, 3.63) is 12.7 Å². The molecule has 4 nitrogen and oxygen atoms in total. The number of nitrogens with zero attached hydrogens (tertiary/aromatic N) is 1. The van der Waals surface area contributed by atoms with Gasteiger partial charge in [0, 0.05) is 26.7 Å². The Labute approximate surface area is 92.3 Å². The van der Waals surface area contributed by atoms with Gasteiger partial charge in [0.1, 0.15) is 0 Å². The maximum atomic E-state index is 11.7. The lowest BCUT2D eigenvalue weighted by Gasteiger charge is -2.20. The van der Waals surface area contributed by atoms with Crippen molar-refractivity contribution in [1.29, 1.82) is 0 Å². The standard InChI is InChI=1S/C11H22N2O2/c1-4-7-13(8-5-2)11(14)10-12-6-9-15-3/h4,12H,1,5-10H2,2-3H3. The van der Waals surface area contributed by atoms with Crippen molar-refractivity contribution in [3.63, 3.8) is 0 Å². The zero-order valence-corrected chi connectivity index (χ0v) is 9.79. The van der Waals surface area contributed by atoms with Gasteiger partial charge in [0.25, 0.3) is 0 Å². The van der Waals surface area contributed by atoms with Crippen molar-refractivity contribution in [2.45, 2.75) is 13.3 Å². The van der Waals surface area contributed by atoms with Crippen LogP contribution in [0.5, 0.6) is 0 Å². The molecule has 0 aliphatic carbocycles. The molecule has 0 aromatic rings. The van der Waals surface area contributed by atoms with Gasteiger partial charge in [0.05, 0.1) is 13.2 Å². The number of nitrogens with one attached hydrogen (secondary N) is 1. The number of hydrogen-bond acceptors (Lipinski definition) is 3. The van der Waals surface area contributed by atoms with Gasteiger partial charge in [0.2, 0.25) is 5.91 Å². The summed E-state index contributed by atoms with van der Waals surface area (Å²) in [5.41, 5.74) is 0. The van der Waals surface area contributed by atoms with Crippen LogP contribution in [0.1, 0.15) is 13.3 Å². The first-order valence-corrected chi connectivity index (χ1v) is 5.34. The minimum Gasteiger partial charge on any atom is -0.383 e. The molecule has 0 saturated carbocycles. The van der Waals surface area contributed by atoms with E-state index in [9.17, 15) is 4.79 Å². The molecule has 0 unspecified atom stereocenters. The Bertz CT molecular complexity index is 183. The molecule has 0 aliphatic heterocycles. The number of hydrogen-bond donors (Lipinski definition) is 1. The van der Waals surface area contributed by atoms with E-state index < -0.39 is 0 Å². The van der Waals surface area contributed by atoms with Crippen molar-refractivity contribution in [2.75, 3.05) is 39.9 Å². The van der Waals surface area contributed by atoms with Gasteiger partial charge >= 0.3 is 0 Å². The van der Waals surface area contributed by atoms with Gasteiger partial charge in [-0.15, -0.1) is 6.58 Å². The second-order valence-corrected chi connectivity index (χ2v) is 3.30. The van der Waals surface area contributed by atoms with Crippen LogP contribution in [0.15, 0.2) is 12.7 Å². The Morgan fingerprint density at radius 2 is 2.33 bits per heavy atom. The minimum absolute atomic E-state index is 0.118. The first-order valence-electron chi connectivity index (χ1n) is 5.34. The maximum absolute atomic E-state index is 11.7. The summed E-state index contributed by atoms with van der Waals surface area (Å²) in [6.45, 7) is 8.81. The van der Waals surface area contributed by atoms with E-state index >= 15 is 0 Å². The third-order valence-corrected chi connectivity index (χ3v) is 1.95. The first kappa shape index (κ1) is 14.1. The normalized spacial score (nSPS) is 10.0. The fourth-order valence-corrected chi connectivity index (χ4v) is 1.22. The van der Waals surface area contributed by atoms with Gasteiger partial charge in [0.15, 0.2) is 0 Å². The van der Waals surface area contributed by atoms with Crippen LogP contribution in [0.3, 0.4) is 0 Å². The van der Waals surface area contributed by atoms with E-state index in [0.717, 1.165) is 13.0 Å². The number of carbonyl (C=O) groups is 1. The highest BCUT2D eigenvalue weighted by atomic mass is 16.5. The predicted octanol–water partition coefficient (Wildman–Crippen LogP) is 0.647. The van der Waals surface area contributed by atoms with E-state index in [1.165, 1.54) is 0 Å². The Morgan fingerprint density at radius 3 is 2.87 bits per heavy atom. The third-order valence-electron chi connectivity index (χ3n) is 1.95. The molecule has 0 rings (SSSR count). The van der Waals surface area contributed by atoms with E-state index in [1.807, 2.05) is 0 Å². The summed E-state index contributed by atoms with van der Waals surface area (Å²) in [6, 6.07) is 0. The van der Waals surface area contributed by atoms with Crippen molar-refractivity contribution in [1.82, 2.24) is 10.2 Å². The van der Waals surface area contributed by atoms with Crippen LogP contribution >= 0.6 is 0 Å². The molecular weight excluding hydrogens is 192 g/mol. The van der Waals surface area contributed by atoms with Crippen molar-refractivity contribution in [3.8, 4) is 0 Å². The fraction of sp³-hybridized carbons (Fsp3) is 0.727. The average Bonchev–Trinajstić information content (AvgIpc) is 2.24. The lowest BCUT2D eigenvalue weighted by atomic mass is 10.3. The van der Waals surface area contributed by atoms with Gasteiger partial charge in [-0.1, -0.05) is 13.0 Å². The molecule has 0 aliphatic rings. The SMILES string of the molecule is C=CCN(CCC)C(=O)CNCCOC. The highest BCUT2D eigenvalue weighted by Crippen LogP contribution is 1.92. The third kappa shape index (κ3) is 7.11. The van der Waals surface area contributed by atoms with Gasteiger partial charge in [-0.3, -0.25) is 4.79 Å². The molecule has 0 aromatic carbocycles. The Balaban J connectivity index is 3.75. The molecule has 88 valence electrons. The summed E-state index contributed by atoms with van der Waals surface area (Å²) in [6.07, 6.45) is 2.72. The molecule has 0 spiro atoms. The molecule has 0 radical (unpaired) electrons. The summed E-state index contributed by atoms with van der Waals surface area (Å²) in [5, 5.41) is 3.03. The zero-order valence-electron chi connectivity index (χ0n) is 9.79. The molecule has 15 heavy (non-hydrogen) atoms. The highest BCUT2D eigenvalue weighted by molar-refractivity contribution is 5.78. The van der Waals surface area contributed by atoms with Crippen LogP contribution in [0.25, 0.3) is 0 Å². The van der Waals surface area contributed by atoms with E-state index in [1.54, 1.807) is 18.1 Å². The maximum Gasteiger partial charge on any atom is 0.236 e. The average molecular weight is 214 g/mol. The second-order valence-electron chi connectivity index (χ2n) is 3.30. The molecule has 0 saturated heterocycles. The monoisotopic (exact) mass is 214 g/mol. The number of amides is 1. The summed E-state index contributed by atoms with van der Waals surface area (Å²) in [4.78, 5) is 13.5. The molecule has 1 N–H and O–H groups in total. The number of rotatable bonds is 9. The largest absolute Gasteiger partial charge is 0.383 e. The highest BCUT2D eigenvalue weighted by Gasteiger charge is 2.09. The lowest BCUT2D eigenvalue weighted by Crippen LogP contribution is -2.39. The van der Waals surface area contributed by atoms with Gasteiger partial charge in [-0.05, 0) is 6.42 Å². The van der Waals surface area contributed by atoms with E-state index in [-0.39, 0.29) is 5.91 Å². The van der Waals surface area contributed by atoms with Crippen LogP contribution in [0, 0.1) is 0 Å². The molecule has 0 heterocycles. The van der Waals surface area contributed by atoms with Crippen molar-refractivity contribution >= 4 is 5.91 Å². The fourth-order valence-electron chi connectivity index (χ4n) is 1.22. The van der Waals surface area contributed by atoms with Crippen LogP contribution in [0.2, 0.25) is 0 Å². The number of ether oxygens (including phenoxy) is 1. The Kier molecular flexibility index (Phi) is 9.11. The van der Waals surface area contributed by atoms with Crippen LogP contribution < -0.4 is 5.32 Å². The molecule has 0 aromatic heterocycles. The molecule has 0 atom stereocenters. The predicted molar refractivity (Wildman–Crippen MR) is 61.8 cm³/mol. The van der Waals surface area contributed by atoms with Gasteiger partial charge in [-0.2, -0.15) is 0 Å². The summed E-state index contributed by atoms with van der Waals surface area (Å²) < 4.78 is 4.88. The van der Waals surface area contributed by atoms with Gasteiger partial charge in [-0.25, -0.2) is 0 Å². The second kappa shape index (κ2) is 9.68. The van der Waals surface area contributed by atoms with Crippen LogP contribution in [0.4, 0.5) is 0 Å². The topological polar surface area (TPSA) is 41.6 Å². The zero-order chi connectivity index (χ0) is 11.5. The van der Waals surface area contributed by atoms with Gasteiger partial charge < -0.3 is 15.0 Å². The molecule has 4 heteroatoms. The quantitative estimate of drug-likeness (QED) is 0.452. The number of methoxy groups -OCH3 is 1. The summed E-state index contributed by atoms with van der Waals surface area (Å²) >= 11 is 0. The minimum atomic E-state index is 0.118.